The number of hydrogen-bond acceptors (Lipinski definition) is 3. The molecule has 0 aromatic heterocycles. The van der Waals surface area contributed by atoms with Crippen molar-refractivity contribution in [3.05, 3.63) is 58.6 Å². The third-order valence-electron chi connectivity index (χ3n) is 4.33. The molecule has 25 heavy (non-hydrogen) atoms. The molecule has 1 amide bonds. The smallest absolute Gasteiger partial charge is 0.238 e. The van der Waals surface area contributed by atoms with Crippen molar-refractivity contribution < 1.29 is 9.53 Å². The van der Waals surface area contributed by atoms with Gasteiger partial charge in [0.2, 0.25) is 5.91 Å². The predicted molar refractivity (Wildman–Crippen MR) is 106 cm³/mol. The van der Waals surface area contributed by atoms with Crippen molar-refractivity contribution in [2.24, 2.45) is 0 Å². The minimum atomic E-state index is -0.0751. The second-order valence-electron chi connectivity index (χ2n) is 7.12. The number of benzene rings is 2. The molecule has 0 unspecified atom stereocenters. The fourth-order valence-electron chi connectivity index (χ4n) is 2.93. The number of rotatable bonds is 3. The van der Waals surface area contributed by atoms with Crippen LogP contribution in [-0.2, 0) is 10.2 Å². The van der Waals surface area contributed by atoms with E-state index in [1.54, 1.807) is 42.0 Å². The summed E-state index contributed by atoms with van der Waals surface area (Å²) in [6, 6.07) is 13.9. The Balaban J connectivity index is 1.99. The van der Waals surface area contributed by atoms with Crippen LogP contribution in [0.5, 0.6) is 5.75 Å². The lowest BCUT2D eigenvalue weighted by atomic mass is 9.86. The van der Waals surface area contributed by atoms with Gasteiger partial charge in [0.1, 0.15) is 11.1 Å². The first-order chi connectivity index (χ1) is 11.8. The third kappa shape index (κ3) is 3.65. The molecule has 132 valence electrons. The van der Waals surface area contributed by atoms with Crippen LogP contribution in [0.4, 0.5) is 5.69 Å². The number of nitrogens with zero attached hydrogens (tertiary/aromatic N) is 1. The van der Waals surface area contributed by atoms with Gasteiger partial charge < -0.3 is 4.74 Å². The molecule has 0 bridgehead atoms. The van der Waals surface area contributed by atoms with Crippen LogP contribution < -0.4 is 9.64 Å². The van der Waals surface area contributed by atoms with Crippen molar-refractivity contribution in [3.63, 3.8) is 0 Å². The highest BCUT2D eigenvalue weighted by atomic mass is 35.5. The molecule has 0 radical (unpaired) electrons. The molecule has 0 spiro atoms. The van der Waals surface area contributed by atoms with Gasteiger partial charge in [0.05, 0.1) is 18.6 Å². The SMILES string of the molecule is COc1ccc(Cl)cc1N1C(=O)CS[C@@H]1c1ccc(C(C)(C)C)cc1. The van der Waals surface area contributed by atoms with Gasteiger partial charge in [0.15, 0.2) is 0 Å². The Morgan fingerprint density at radius 1 is 1.16 bits per heavy atom. The van der Waals surface area contributed by atoms with Gasteiger partial charge in [-0.2, -0.15) is 0 Å². The Labute approximate surface area is 158 Å². The zero-order valence-corrected chi connectivity index (χ0v) is 16.4. The molecular formula is C20H22ClNO2S. The van der Waals surface area contributed by atoms with Crippen LogP contribution in [0.2, 0.25) is 5.02 Å². The van der Waals surface area contributed by atoms with E-state index in [2.05, 4.69) is 45.0 Å². The lowest BCUT2D eigenvalue weighted by molar-refractivity contribution is -0.115. The summed E-state index contributed by atoms with van der Waals surface area (Å²) in [5.74, 6) is 1.16. The van der Waals surface area contributed by atoms with E-state index < -0.39 is 0 Å². The van der Waals surface area contributed by atoms with Crippen molar-refractivity contribution in [3.8, 4) is 5.75 Å². The largest absolute Gasteiger partial charge is 0.495 e. The fourth-order valence-corrected chi connectivity index (χ4v) is 4.27. The number of anilines is 1. The van der Waals surface area contributed by atoms with Crippen molar-refractivity contribution in [1.82, 2.24) is 0 Å². The molecule has 1 heterocycles. The van der Waals surface area contributed by atoms with Gasteiger partial charge in [-0.05, 0) is 34.7 Å². The molecule has 2 aromatic rings. The van der Waals surface area contributed by atoms with Crippen LogP contribution in [0.15, 0.2) is 42.5 Å². The summed E-state index contributed by atoms with van der Waals surface area (Å²) in [5, 5.41) is 0.510. The molecule has 0 N–H and O–H groups in total. The highest BCUT2D eigenvalue weighted by molar-refractivity contribution is 8.00. The van der Waals surface area contributed by atoms with Crippen LogP contribution in [0, 0.1) is 0 Å². The number of carbonyl (C=O) groups excluding carboxylic acids is 1. The Hall–Kier alpha value is -1.65. The molecule has 5 heteroatoms. The van der Waals surface area contributed by atoms with Gasteiger partial charge in [0, 0.05) is 5.02 Å². The number of thioether (sulfide) groups is 1. The van der Waals surface area contributed by atoms with Crippen molar-refractivity contribution in [1.29, 1.82) is 0 Å². The Bertz CT molecular complexity index is 783. The van der Waals surface area contributed by atoms with Gasteiger partial charge >= 0.3 is 0 Å². The molecule has 2 aromatic carbocycles. The molecule has 1 aliphatic rings. The van der Waals surface area contributed by atoms with Gasteiger partial charge in [-0.1, -0.05) is 56.6 Å². The Kier molecular flexibility index (Phi) is 5.03. The maximum Gasteiger partial charge on any atom is 0.238 e. The summed E-state index contributed by atoms with van der Waals surface area (Å²) in [7, 11) is 1.60. The van der Waals surface area contributed by atoms with E-state index in [1.165, 1.54) is 5.56 Å². The van der Waals surface area contributed by atoms with Crippen molar-refractivity contribution in [2.75, 3.05) is 17.8 Å². The maximum atomic E-state index is 12.6. The number of ether oxygens (including phenoxy) is 1. The van der Waals surface area contributed by atoms with E-state index >= 15 is 0 Å². The number of carbonyl (C=O) groups is 1. The molecule has 1 aliphatic heterocycles. The van der Waals surface area contributed by atoms with Gasteiger partial charge in [-0.15, -0.1) is 11.8 Å². The van der Waals surface area contributed by atoms with Gasteiger partial charge in [-0.3, -0.25) is 9.69 Å². The summed E-state index contributed by atoms with van der Waals surface area (Å²) in [6.07, 6.45) is 0. The van der Waals surface area contributed by atoms with Gasteiger partial charge in [-0.25, -0.2) is 0 Å². The van der Waals surface area contributed by atoms with Crippen molar-refractivity contribution >= 4 is 35.0 Å². The Morgan fingerprint density at radius 2 is 1.84 bits per heavy atom. The molecular weight excluding hydrogens is 354 g/mol. The lowest BCUT2D eigenvalue weighted by Crippen LogP contribution is -2.28. The molecule has 3 nitrogen and oxygen atoms in total. The second-order valence-corrected chi connectivity index (χ2v) is 8.62. The molecule has 1 fully saturated rings. The second kappa shape index (κ2) is 6.93. The van der Waals surface area contributed by atoms with E-state index in [4.69, 9.17) is 16.3 Å². The summed E-state index contributed by atoms with van der Waals surface area (Å²) in [4.78, 5) is 14.4. The molecule has 1 atom stereocenters. The van der Waals surface area contributed by atoms with E-state index in [0.717, 1.165) is 11.3 Å². The number of methoxy groups -OCH3 is 1. The minimum absolute atomic E-state index is 0.0652. The number of amides is 1. The van der Waals surface area contributed by atoms with Crippen LogP contribution in [0.3, 0.4) is 0 Å². The monoisotopic (exact) mass is 375 g/mol. The summed E-state index contributed by atoms with van der Waals surface area (Å²) >= 11 is 7.79. The summed E-state index contributed by atoms with van der Waals surface area (Å²) in [5.41, 5.74) is 3.20. The normalized spacial score (nSPS) is 17.9. The highest BCUT2D eigenvalue weighted by Gasteiger charge is 2.35. The number of halogens is 1. The Morgan fingerprint density at radius 3 is 2.44 bits per heavy atom. The average Bonchev–Trinajstić information content (AvgIpc) is 2.95. The zero-order valence-electron chi connectivity index (χ0n) is 14.9. The van der Waals surface area contributed by atoms with Gasteiger partial charge in [0.25, 0.3) is 0 Å². The summed E-state index contributed by atoms with van der Waals surface area (Å²) < 4.78 is 5.45. The molecule has 0 saturated carbocycles. The lowest BCUT2D eigenvalue weighted by Gasteiger charge is -2.27. The van der Waals surface area contributed by atoms with Crippen molar-refractivity contribution in [2.45, 2.75) is 31.6 Å². The molecule has 1 saturated heterocycles. The van der Waals surface area contributed by atoms with Crippen LogP contribution in [0.25, 0.3) is 0 Å². The highest BCUT2D eigenvalue weighted by Crippen LogP contribution is 2.45. The van der Waals surface area contributed by atoms with Crippen LogP contribution in [0.1, 0.15) is 37.3 Å². The molecule has 3 rings (SSSR count). The van der Waals surface area contributed by atoms with Crippen LogP contribution >= 0.6 is 23.4 Å². The first-order valence-electron chi connectivity index (χ1n) is 8.19. The first kappa shape index (κ1) is 18.2. The quantitative estimate of drug-likeness (QED) is 0.716. The topological polar surface area (TPSA) is 29.5 Å². The average molecular weight is 376 g/mol. The maximum absolute atomic E-state index is 12.6. The first-order valence-corrected chi connectivity index (χ1v) is 9.61. The standard InChI is InChI=1S/C20H22ClNO2S/c1-20(2,3)14-7-5-13(6-8-14)19-22(18(23)12-25-19)16-11-15(21)9-10-17(16)24-4/h5-11,19H,12H2,1-4H3/t19-/m1/s1. The molecule has 0 aliphatic carbocycles. The minimum Gasteiger partial charge on any atom is -0.495 e. The van der Waals surface area contributed by atoms with E-state index in [0.29, 0.717) is 16.5 Å². The zero-order chi connectivity index (χ0) is 18.2. The summed E-state index contributed by atoms with van der Waals surface area (Å²) in [6.45, 7) is 6.58. The number of hydrogen-bond donors (Lipinski definition) is 0. The fraction of sp³-hybridized carbons (Fsp3) is 0.350. The predicted octanol–water partition coefficient (Wildman–Crippen LogP) is 5.42. The van der Waals surface area contributed by atoms with E-state index in [1.807, 2.05) is 0 Å². The van der Waals surface area contributed by atoms with E-state index in [-0.39, 0.29) is 16.7 Å². The van der Waals surface area contributed by atoms with Crippen LogP contribution in [-0.4, -0.2) is 18.8 Å². The third-order valence-corrected chi connectivity index (χ3v) is 5.78. The van der Waals surface area contributed by atoms with E-state index in [9.17, 15) is 4.79 Å².